The normalized spacial score (nSPS) is 13.0. The Balaban J connectivity index is 2.03. The smallest absolute Gasteiger partial charge is 0.146 e. The van der Waals surface area contributed by atoms with Crippen molar-refractivity contribution in [1.29, 1.82) is 0 Å². The molecule has 0 saturated heterocycles. The van der Waals surface area contributed by atoms with Crippen molar-refractivity contribution in [1.82, 2.24) is 0 Å². The molecule has 2 aromatic rings. The van der Waals surface area contributed by atoms with Crippen LogP contribution in [-0.4, -0.2) is 33.4 Å². The fraction of sp³-hybridized carbons (Fsp3) is 0.235. The van der Waals surface area contributed by atoms with Gasteiger partial charge in [-0.15, -0.1) is 0 Å². The first-order valence-corrected chi connectivity index (χ1v) is 7.08. The molecule has 0 aromatic heterocycles. The van der Waals surface area contributed by atoms with E-state index in [9.17, 15) is 0 Å². The van der Waals surface area contributed by atoms with Crippen molar-refractivity contribution in [3.8, 4) is 23.0 Å². The molecule has 0 unspecified atom stereocenters. The molecule has 6 heteroatoms. The summed E-state index contributed by atoms with van der Waals surface area (Å²) in [5.41, 5.74) is 1.19. The standard InChI is InChI=1S/C17H16N2O4/c1-20-12-3-5-16-14(9-12)18-11-19-15-10-13(21-2)4-6-17(15)23-8-7-22-16/h3-6,9-10H,7-8H2,1-2H3. The SMILES string of the molecule is COc1ccc2c(c1)N=C=Nc1cc(OC)ccc1OCCO2. The Labute approximate surface area is 134 Å². The van der Waals surface area contributed by atoms with Crippen LogP contribution in [0.25, 0.3) is 0 Å². The largest absolute Gasteiger partial charge is 0.497 e. The maximum absolute atomic E-state index is 5.70. The second kappa shape index (κ2) is 6.85. The topological polar surface area (TPSA) is 61.6 Å². The molecule has 0 N–H and O–H groups in total. The van der Waals surface area contributed by atoms with Crippen LogP contribution in [-0.2, 0) is 0 Å². The van der Waals surface area contributed by atoms with Crippen LogP contribution in [0.3, 0.4) is 0 Å². The Morgan fingerprint density at radius 2 is 1.30 bits per heavy atom. The van der Waals surface area contributed by atoms with Crippen molar-refractivity contribution in [3.63, 3.8) is 0 Å². The van der Waals surface area contributed by atoms with Gasteiger partial charge in [0.05, 0.1) is 14.2 Å². The number of rotatable bonds is 2. The summed E-state index contributed by atoms with van der Waals surface area (Å²) in [6, 6.07) is 13.4. The van der Waals surface area contributed by atoms with Crippen LogP contribution in [0, 0.1) is 0 Å². The highest BCUT2D eigenvalue weighted by Crippen LogP contribution is 2.34. The van der Waals surface area contributed by atoms with Gasteiger partial charge >= 0.3 is 0 Å². The zero-order valence-corrected chi connectivity index (χ0v) is 12.9. The van der Waals surface area contributed by atoms with E-state index in [2.05, 4.69) is 16.0 Å². The zero-order chi connectivity index (χ0) is 16.1. The van der Waals surface area contributed by atoms with Gasteiger partial charge < -0.3 is 18.9 Å². The average Bonchev–Trinajstić information content (AvgIpc) is 2.63. The Kier molecular flexibility index (Phi) is 4.45. The molecular formula is C17H16N2O4. The van der Waals surface area contributed by atoms with Crippen molar-refractivity contribution in [2.45, 2.75) is 0 Å². The van der Waals surface area contributed by atoms with E-state index in [4.69, 9.17) is 18.9 Å². The lowest BCUT2D eigenvalue weighted by molar-refractivity contribution is 0.218. The summed E-state index contributed by atoms with van der Waals surface area (Å²) in [6.45, 7) is 0.778. The molecule has 3 rings (SSSR count). The van der Waals surface area contributed by atoms with Gasteiger partial charge in [0.25, 0.3) is 0 Å². The molecule has 6 nitrogen and oxygen atoms in total. The minimum absolute atomic E-state index is 0.389. The molecule has 0 atom stereocenters. The first-order chi connectivity index (χ1) is 11.3. The molecular weight excluding hydrogens is 296 g/mol. The molecule has 0 spiro atoms. The predicted octanol–water partition coefficient (Wildman–Crippen LogP) is 3.61. The fourth-order valence-corrected chi connectivity index (χ4v) is 2.10. The highest BCUT2D eigenvalue weighted by molar-refractivity contribution is 5.66. The Morgan fingerprint density at radius 3 is 1.74 bits per heavy atom. The molecule has 0 saturated carbocycles. The third kappa shape index (κ3) is 3.44. The van der Waals surface area contributed by atoms with Gasteiger partial charge in [0.2, 0.25) is 0 Å². The number of ether oxygens (including phenoxy) is 4. The summed E-state index contributed by atoms with van der Waals surface area (Å²) in [4.78, 5) is 8.47. The van der Waals surface area contributed by atoms with Gasteiger partial charge in [-0.3, -0.25) is 0 Å². The van der Waals surface area contributed by atoms with Crippen LogP contribution >= 0.6 is 0 Å². The third-order valence-corrected chi connectivity index (χ3v) is 3.27. The molecule has 1 heterocycles. The van der Waals surface area contributed by atoms with E-state index < -0.39 is 0 Å². The molecule has 118 valence electrons. The van der Waals surface area contributed by atoms with Gasteiger partial charge in [0, 0.05) is 12.1 Å². The van der Waals surface area contributed by atoms with Gasteiger partial charge in [-0.25, -0.2) is 0 Å². The highest BCUT2D eigenvalue weighted by atomic mass is 16.5. The van der Waals surface area contributed by atoms with Crippen molar-refractivity contribution < 1.29 is 18.9 Å². The third-order valence-electron chi connectivity index (χ3n) is 3.27. The minimum Gasteiger partial charge on any atom is -0.497 e. The molecule has 1 aliphatic heterocycles. The van der Waals surface area contributed by atoms with Gasteiger partial charge in [0.1, 0.15) is 53.6 Å². The van der Waals surface area contributed by atoms with E-state index >= 15 is 0 Å². The summed E-state index contributed by atoms with van der Waals surface area (Å²) in [5.74, 6) is 2.62. The van der Waals surface area contributed by atoms with Crippen LogP contribution < -0.4 is 18.9 Å². The molecule has 0 aliphatic carbocycles. The van der Waals surface area contributed by atoms with E-state index in [1.165, 1.54) is 0 Å². The number of methoxy groups -OCH3 is 2. The second-order valence-corrected chi connectivity index (χ2v) is 4.69. The van der Waals surface area contributed by atoms with Crippen LogP contribution in [0.5, 0.6) is 23.0 Å². The Morgan fingerprint density at radius 1 is 0.826 bits per heavy atom. The average molecular weight is 312 g/mol. The molecule has 1 aliphatic rings. The summed E-state index contributed by atoms with van der Waals surface area (Å²) < 4.78 is 21.8. The van der Waals surface area contributed by atoms with Gasteiger partial charge in [-0.1, -0.05) is 0 Å². The maximum atomic E-state index is 5.70. The molecule has 2 aromatic carbocycles. The lowest BCUT2D eigenvalue weighted by Crippen LogP contribution is -2.09. The van der Waals surface area contributed by atoms with E-state index in [0.717, 1.165) is 0 Å². The van der Waals surface area contributed by atoms with Crippen LogP contribution in [0.2, 0.25) is 0 Å². The van der Waals surface area contributed by atoms with Crippen LogP contribution in [0.4, 0.5) is 11.4 Å². The molecule has 0 radical (unpaired) electrons. The quantitative estimate of drug-likeness (QED) is 0.850. The summed E-state index contributed by atoms with van der Waals surface area (Å²) in [5, 5.41) is 0. The number of aliphatic imine (C=N–C) groups is 2. The van der Waals surface area contributed by atoms with E-state index in [1.807, 2.05) is 12.1 Å². The number of hydrogen-bond donors (Lipinski definition) is 0. The fourth-order valence-electron chi connectivity index (χ4n) is 2.10. The number of benzene rings is 2. The highest BCUT2D eigenvalue weighted by Gasteiger charge is 2.08. The molecule has 0 amide bonds. The van der Waals surface area contributed by atoms with Crippen molar-refractivity contribution >= 4 is 17.4 Å². The molecule has 0 bridgehead atoms. The monoisotopic (exact) mass is 312 g/mol. The maximum Gasteiger partial charge on any atom is 0.146 e. The number of hydrogen-bond acceptors (Lipinski definition) is 6. The first kappa shape index (κ1) is 14.9. The van der Waals surface area contributed by atoms with Crippen LogP contribution in [0.1, 0.15) is 0 Å². The van der Waals surface area contributed by atoms with Crippen molar-refractivity contribution in [3.05, 3.63) is 36.4 Å². The lowest BCUT2D eigenvalue weighted by Gasteiger charge is -2.11. The molecule has 23 heavy (non-hydrogen) atoms. The second-order valence-electron chi connectivity index (χ2n) is 4.69. The van der Waals surface area contributed by atoms with Gasteiger partial charge in [-0.05, 0) is 24.3 Å². The van der Waals surface area contributed by atoms with E-state index in [1.54, 1.807) is 38.5 Å². The van der Waals surface area contributed by atoms with Crippen molar-refractivity contribution in [2.75, 3.05) is 27.4 Å². The Bertz CT molecular complexity index is 706. The first-order valence-electron chi connectivity index (χ1n) is 7.08. The molecule has 0 fully saturated rings. The van der Waals surface area contributed by atoms with Crippen LogP contribution in [0.15, 0.2) is 46.4 Å². The predicted molar refractivity (Wildman–Crippen MR) is 86.2 cm³/mol. The van der Waals surface area contributed by atoms with Crippen molar-refractivity contribution in [2.24, 2.45) is 9.98 Å². The zero-order valence-electron chi connectivity index (χ0n) is 12.9. The summed E-state index contributed by atoms with van der Waals surface area (Å²) in [6.07, 6.45) is 0. The van der Waals surface area contributed by atoms with Gasteiger partial charge in [0.15, 0.2) is 0 Å². The summed E-state index contributed by atoms with van der Waals surface area (Å²) in [7, 11) is 3.20. The van der Waals surface area contributed by atoms with E-state index in [-0.39, 0.29) is 0 Å². The Hall–Kier alpha value is -2.98. The summed E-state index contributed by atoms with van der Waals surface area (Å²) >= 11 is 0. The lowest BCUT2D eigenvalue weighted by atomic mass is 10.3. The number of fused-ring (bicyclic) bond motifs is 2. The number of nitrogens with zero attached hydrogens (tertiary/aromatic N) is 2. The van der Waals surface area contributed by atoms with E-state index in [0.29, 0.717) is 47.6 Å². The van der Waals surface area contributed by atoms with Gasteiger partial charge in [-0.2, -0.15) is 9.98 Å². The minimum atomic E-state index is 0.389.